The highest BCUT2D eigenvalue weighted by molar-refractivity contribution is 7.92. The van der Waals surface area contributed by atoms with Crippen LogP contribution in [-0.2, 0) is 10.0 Å². The third kappa shape index (κ3) is 5.01. The summed E-state index contributed by atoms with van der Waals surface area (Å²) in [7, 11) is -2.11. The number of hydrogen-bond acceptors (Lipinski definition) is 8. The molecule has 0 aliphatic carbocycles. The van der Waals surface area contributed by atoms with Crippen LogP contribution in [0.5, 0.6) is 5.88 Å². The number of sulfonamides is 1. The Morgan fingerprint density at radius 3 is 2.57 bits per heavy atom. The summed E-state index contributed by atoms with van der Waals surface area (Å²) in [6.07, 6.45) is 4.22. The van der Waals surface area contributed by atoms with E-state index in [4.69, 9.17) is 10.5 Å². The van der Waals surface area contributed by atoms with E-state index in [0.29, 0.717) is 22.5 Å². The van der Waals surface area contributed by atoms with Gasteiger partial charge in [0.15, 0.2) is 0 Å². The fraction of sp³-hybridized carbons (Fsp3) is 0.200. The predicted octanol–water partition coefficient (Wildman–Crippen LogP) is 1.91. The van der Waals surface area contributed by atoms with Gasteiger partial charge >= 0.3 is 0 Å². The molecule has 0 saturated carbocycles. The lowest BCUT2D eigenvalue weighted by atomic mass is 10.0. The SMILES string of the molecule is COc1ncc(C#Cc2c(C)nc(N)nc2-c2ccnc(C)c2)cc1NS(C)(=O)=O. The highest BCUT2D eigenvalue weighted by Gasteiger charge is 2.13. The molecule has 0 aliphatic rings. The number of aromatic nitrogens is 4. The first kappa shape index (κ1) is 21.0. The maximum Gasteiger partial charge on any atom is 0.238 e. The highest BCUT2D eigenvalue weighted by Crippen LogP contribution is 2.25. The Balaban J connectivity index is 2.10. The molecule has 30 heavy (non-hydrogen) atoms. The molecule has 0 saturated heterocycles. The van der Waals surface area contributed by atoms with E-state index in [1.165, 1.54) is 13.3 Å². The molecule has 10 heteroatoms. The van der Waals surface area contributed by atoms with Gasteiger partial charge in [0.1, 0.15) is 5.69 Å². The van der Waals surface area contributed by atoms with Crippen molar-refractivity contribution in [1.29, 1.82) is 0 Å². The van der Waals surface area contributed by atoms with Crippen molar-refractivity contribution >= 4 is 21.7 Å². The molecule has 3 N–H and O–H groups in total. The Bertz CT molecular complexity index is 1280. The van der Waals surface area contributed by atoms with Crippen LogP contribution in [0.25, 0.3) is 11.3 Å². The fourth-order valence-corrected chi connectivity index (χ4v) is 3.28. The molecule has 0 amide bonds. The van der Waals surface area contributed by atoms with Crippen molar-refractivity contribution in [3.8, 4) is 29.0 Å². The standard InChI is InChI=1S/C20H20N6O3S/c1-12-9-15(7-8-22-12)18-16(13(2)24-20(21)25-18)6-5-14-10-17(26-30(4,27)28)19(29-3)23-11-14/h7-11,26H,1-4H3,(H2,21,24,25). The number of nitrogen functional groups attached to an aromatic ring is 1. The fourth-order valence-electron chi connectivity index (χ4n) is 2.74. The number of rotatable bonds is 4. The van der Waals surface area contributed by atoms with Gasteiger partial charge in [-0.05, 0) is 32.0 Å². The second-order valence-corrected chi connectivity index (χ2v) is 8.23. The van der Waals surface area contributed by atoms with E-state index in [1.807, 2.05) is 19.1 Å². The summed E-state index contributed by atoms with van der Waals surface area (Å²) < 4.78 is 30.7. The van der Waals surface area contributed by atoms with Crippen LogP contribution in [0.1, 0.15) is 22.5 Å². The van der Waals surface area contributed by atoms with E-state index in [2.05, 4.69) is 36.5 Å². The molecular weight excluding hydrogens is 404 g/mol. The lowest BCUT2D eigenvalue weighted by Gasteiger charge is -2.09. The molecule has 0 unspecified atom stereocenters. The second kappa shape index (κ2) is 8.34. The van der Waals surface area contributed by atoms with Gasteiger partial charge in [0.25, 0.3) is 0 Å². The molecule has 0 aliphatic heterocycles. The number of methoxy groups -OCH3 is 1. The summed E-state index contributed by atoms with van der Waals surface area (Å²) in [6.45, 7) is 3.67. The van der Waals surface area contributed by atoms with Gasteiger partial charge in [-0.15, -0.1) is 0 Å². The summed E-state index contributed by atoms with van der Waals surface area (Å²) in [5.74, 6) is 6.34. The van der Waals surface area contributed by atoms with Crippen LogP contribution in [0.3, 0.4) is 0 Å². The van der Waals surface area contributed by atoms with E-state index in [-0.39, 0.29) is 17.5 Å². The largest absolute Gasteiger partial charge is 0.479 e. The molecule has 0 fully saturated rings. The van der Waals surface area contributed by atoms with Crippen LogP contribution in [0, 0.1) is 25.7 Å². The molecule has 9 nitrogen and oxygen atoms in total. The number of anilines is 2. The van der Waals surface area contributed by atoms with Gasteiger partial charge in [-0.2, -0.15) is 0 Å². The van der Waals surface area contributed by atoms with Crippen molar-refractivity contribution in [2.75, 3.05) is 23.8 Å². The van der Waals surface area contributed by atoms with E-state index in [1.54, 1.807) is 19.2 Å². The molecule has 0 atom stereocenters. The van der Waals surface area contributed by atoms with Crippen molar-refractivity contribution in [1.82, 2.24) is 19.9 Å². The van der Waals surface area contributed by atoms with Crippen LogP contribution in [0.15, 0.2) is 30.6 Å². The molecule has 0 spiro atoms. The van der Waals surface area contributed by atoms with E-state index in [9.17, 15) is 8.42 Å². The van der Waals surface area contributed by atoms with Gasteiger partial charge in [-0.25, -0.2) is 23.4 Å². The van der Waals surface area contributed by atoms with Crippen molar-refractivity contribution in [2.24, 2.45) is 0 Å². The van der Waals surface area contributed by atoms with Crippen LogP contribution in [-0.4, -0.2) is 41.7 Å². The Labute approximate surface area is 174 Å². The summed E-state index contributed by atoms with van der Waals surface area (Å²) in [5.41, 5.74) is 9.98. The van der Waals surface area contributed by atoms with E-state index in [0.717, 1.165) is 17.5 Å². The zero-order chi connectivity index (χ0) is 21.9. The quantitative estimate of drug-likeness (QED) is 0.607. The Kier molecular flexibility index (Phi) is 5.84. The molecule has 154 valence electrons. The predicted molar refractivity (Wildman–Crippen MR) is 114 cm³/mol. The maximum absolute atomic E-state index is 11.6. The molecule has 3 aromatic heterocycles. The number of pyridine rings is 2. The molecule has 0 bridgehead atoms. The summed E-state index contributed by atoms with van der Waals surface area (Å²) in [5, 5.41) is 0. The van der Waals surface area contributed by atoms with Crippen molar-refractivity contribution < 1.29 is 13.2 Å². The number of nitrogens with zero attached hydrogens (tertiary/aromatic N) is 4. The van der Waals surface area contributed by atoms with Crippen molar-refractivity contribution in [3.63, 3.8) is 0 Å². The van der Waals surface area contributed by atoms with Crippen molar-refractivity contribution in [3.05, 3.63) is 53.1 Å². The number of aryl methyl sites for hydroxylation is 2. The van der Waals surface area contributed by atoms with E-state index >= 15 is 0 Å². The van der Waals surface area contributed by atoms with Crippen LogP contribution < -0.4 is 15.2 Å². The third-order valence-electron chi connectivity index (χ3n) is 3.95. The minimum Gasteiger partial charge on any atom is -0.479 e. The van der Waals surface area contributed by atoms with Crippen molar-refractivity contribution in [2.45, 2.75) is 13.8 Å². The average molecular weight is 424 g/mol. The van der Waals surface area contributed by atoms with Gasteiger partial charge in [-0.3, -0.25) is 9.71 Å². The smallest absolute Gasteiger partial charge is 0.238 e. The zero-order valence-electron chi connectivity index (χ0n) is 16.9. The minimum atomic E-state index is -3.51. The van der Waals surface area contributed by atoms with E-state index < -0.39 is 10.0 Å². The molecular formula is C20H20N6O3S. The number of nitrogens with two attached hydrogens (primary N) is 1. The number of hydrogen-bond donors (Lipinski definition) is 2. The Morgan fingerprint density at radius 1 is 1.13 bits per heavy atom. The summed E-state index contributed by atoms with van der Waals surface area (Å²) in [4.78, 5) is 16.9. The lowest BCUT2D eigenvalue weighted by Crippen LogP contribution is -2.11. The van der Waals surface area contributed by atoms with Crippen LogP contribution in [0.2, 0.25) is 0 Å². The highest BCUT2D eigenvalue weighted by atomic mass is 32.2. The number of nitrogens with one attached hydrogen (secondary N) is 1. The molecule has 0 radical (unpaired) electrons. The maximum atomic E-state index is 11.6. The van der Waals surface area contributed by atoms with Crippen LogP contribution >= 0.6 is 0 Å². The summed E-state index contributed by atoms with van der Waals surface area (Å²) in [6, 6.07) is 5.25. The number of ether oxygens (including phenoxy) is 1. The molecule has 3 rings (SSSR count). The average Bonchev–Trinajstić information content (AvgIpc) is 2.65. The first-order valence-electron chi connectivity index (χ1n) is 8.77. The molecule has 3 aromatic rings. The molecule has 0 aromatic carbocycles. The third-order valence-corrected chi connectivity index (χ3v) is 4.54. The zero-order valence-corrected chi connectivity index (χ0v) is 17.7. The summed E-state index contributed by atoms with van der Waals surface area (Å²) >= 11 is 0. The molecule has 3 heterocycles. The topological polar surface area (TPSA) is 133 Å². The first-order chi connectivity index (χ1) is 14.2. The minimum absolute atomic E-state index is 0.144. The monoisotopic (exact) mass is 424 g/mol. The van der Waals surface area contributed by atoms with Gasteiger partial charge < -0.3 is 10.5 Å². The Hall–Kier alpha value is -3.71. The van der Waals surface area contributed by atoms with Gasteiger partial charge in [0.2, 0.25) is 21.9 Å². The Morgan fingerprint density at radius 2 is 1.90 bits per heavy atom. The second-order valence-electron chi connectivity index (χ2n) is 6.48. The van der Waals surface area contributed by atoms with Gasteiger partial charge in [-0.1, -0.05) is 11.8 Å². The first-order valence-corrected chi connectivity index (χ1v) is 10.7. The van der Waals surface area contributed by atoms with Gasteiger partial charge in [0, 0.05) is 29.2 Å². The van der Waals surface area contributed by atoms with Gasteiger partial charge in [0.05, 0.1) is 30.3 Å². The lowest BCUT2D eigenvalue weighted by molar-refractivity contribution is 0.400. The normalized spacial score (nSPS) is 10.8. The van der Waals surface area contributed by atoms with Crippen LogP contribution in [0.4, 0.5) is 11.6 Å².